The van der Waals surface area contributed by atoms with Crippen LogP contribution >= 0.6 is 0 Å². The molecular formula is C11H17NO2. The first-order valence-electron chi connectivity index (χ1n) is 4.26. The quantitative estimate of drug-likeness (QED) is 0.761. The number of rotatable bonds is 2. The number of carboxylic acid groups (broad SMARTS) is 1. The molecule has 78 valence electrons. The van der Waals surface area contributed by atoms with E-state index in [0.717, 1.165) is 11.1 Å². The summed E-state index contributed by atoms with van der Waals surface area (Å²) in [5.74, 6) is -0.790. The molecule has 0 aromatic heterocycles. The normalized spacial score (nSPS) is 10.5. The molecule has 14 heavy (non-hydrogen) atoms. The number of carbonyl (C=O) groups is 1. The van der Waals surface area contributed by atoms with Crippen LogP contribution < -0.4 is 6.15 Å². The van der Waals surface area contributed by atoms with E-state index in [4.69, 9.17) is 5.11 Å². The lowest BCUT2D eigenvalue weighted by molar-refractivity contribution is -0.142. The molecule has 0 radical (unpaired) electrons. The van der Waals surface area contributed by atoms with Crippen LogP contribution in [0.3, 0.4) is 0 Å². The summed E-state index contributed by atoms with van der Waals surface area (Å²) in [6.45, 7) is 5.37. The standard InChI is InChI=1S/C11H14O2.H3N/c1-8-6-4-5-7-9(8)11(2,3)10(12)13;/h4-7H,1-3H3,(H,12,13);1H3. The zero-order valence-corrected chi connectivity index (χ0v) is 8.87. The molecule has 0 fully saturated rings. The van der Waals surface area contributed by atoms with E-state index < -0.39 is 11.4 Å². The van der Waals surface area contributed by atoms with Crippen molar-refractivity contribution in [1.29, 1.82) is 0 Å². The minimum atomic E-state index is -0.800. The number of hydrogen-bond donors (Lipinski definition) is 2. The second-order valence-corrected chi connectivity index (χ2v) is 3.75. The second-order valence-electron chi connectivity index (χ2n) is 3.75. The first-order valence-corrected chi connectivity index (χ1v) is 4.26. The smallest absolute Gasteiger partial charge is 0.313 e. The zero-order chi connectivity index (χ0) is 10.1. The van der Waals surface area contributed by atoms with Crippen molar-refractivity contribution >= 4 is 5.97 Å². The van der Waals surface area contributed by atoms with Crippen molar-refractivity contribution in [1.82, 2.24) is 6.15 Å². The van der Waals surface area contributed by atoms with Gasteiger partial charge in [0.15, 0.2) is 0 Å². The summed E-state index contributed by atoms with van der Waals surface area (Å²) < 4.78 is 0. The number of carboxylic acids is 1. The lowest BCUT2D eigenvalue weighted by Crippen LogP contribution is -2.29. The molecule has 0 saturated heterocycles. The van der Waals surface area contributed by atoms with Gasteiger partial charge in [0.2, 0.25) is 0 Å². The molecule has 1 aromatic rings. The molecule has 0 atom stereocenters. The van der Waals surface area contributed by atoms with Gasteiger partial charge in [-0.1, -0.05) is 24.3 Å². The van der Waals surface area contributed by atoms with Crippen molar-refractivity contribution in [2.24, 2.45) is 0 Å². The van der Waals surface area contributed by atoms with Crippen LogP contribution in [0.25, 0.3) is 0 Å². The van der Waals surface area contributed by atoms with Gasteiger partial charge in [0, 0.05) is 0 Å². The SMILES string of the molecule is Cc1ccccc1C(C)(C)C(=O)O.N. The molecule has 0 spiro atoms. The average molecular weight is 195 g/mol. The van der Waals surface area contributed by atoms with Crippen LogP contribution in [-0.2, 0) is 10.2 Å². The van der Waals surface area contributed by atoms with Gasteiger partial charge in [0.05, 0.1) is 5.41 Å². The fraction of sp³-hybridized carbons (Fsp3) is 0.364. The van der Waals surface area contributed by atoms with E-state index >= 15 is 0 Å². The van der Waals surface area contributed by atoms with Gasteiger partial charge in [0.25, 0.3) is 0 Å². The van der Waals surface area contributed by atoms with E-state index in [1.165, 1.54) is 0 Å². The van der Waals surface area contributed by atoms with Crippen LogP contribution in [0.15, 0.2) is 24.3 Å². The summed E-state index contributed by atoms with van der Waals surface area (Å²) in [5, 5.41) is 9.02. The summed E-state index contributed by atoms with van der Waals surface area (Å²) in [5.41, 5.74) is 1.10. The molecule has 0 aliphatic carbocycles. The molecule has 0 aliphatic heterocycles. The molecule has 4 N–H and O–H groups in total. The molecule has 0 unspecified atom stereocenters. The third kappa shape index (κ3) is 2.12. The number of benzene rings is 1. The van der Waals surface area contributed by atoms with E-state index in [0.29, 0.717) is 0 Å². The maximum Gasteiger partial charge on any atom is 0.313 e. The lowest BCUT2D eigenvalue weighted by atomic mass is 9.82. The number of aryl methyl sites for hydroxylation is 1. The third-order valence-corrected chi connectivity index (χ3v) is 2.35. The highest BCUT2D eigenvalue weighted by molar-refractivity contribution is 5.80. The topological polar surface area (TPSA) is 72.3 Å². The van der Waals surface area contributed by atoms with Gasteiger partial charge in [-0.2, -0.15) is 0 Å². The van der Waals surface area contributed by atoms with E-state index in [2.05, 4.69) is 0 Å². The van der Waals surface area contributed by atoms with Crippen LogP contribution in [0.5, 0.6) is 0 Å². The Morgan fingerprint density at radius 1 is 1.29 bits per heavy atom. The number of aliphatic carboxylic acids is 1. The minimum Gasteiger partial charge on any atom is -0.481 e. The minimum absolute atomic E-state index is 0. The van der Waals surface area contributed by atoms with Gasteiger partial charge in [-0.3, -0.25) is 4.79 Å². The predicted octanol–water partition coefficient (Wildman–Crippen LogP) is 2.52. The Bertz CT molecular complexity index is 332. The van der Waals surface area contributed by atoms with Crippen molar-refractivity contribution in [2.75, 3.05) is 0 Å². The Kier molecular flexibility index (Phi) is 3.83. The Labute approximate surface area is 84.3 Å². The molecule has 0 bridgehead atoms. The zero-order valence-electron chi connectivity index (χ0n) is 8.87. The van der Waals surface area contributed by atoms with Gasteiger partial charge < -0.3 is 11.3 Å². The van der Waals surface area contributed by atoms with Crippen molar-refractivity contribution < 1.29 is 9.90 Å². The first kappa shape index (κ1) is 12.7. The summed E-state index contributed by atoms with van der Waals surface area (Å²) in [7, 11) is 0. The Morgan fingerprint density at radius 3 is 2.21 bits per heavy atom. The molecule has 0 amide bonds. The molecule has 0 saturated carbocycles. The predicted molar refractivity (Wildman–Crippen MR) is 56.9 cm³/mol. The van der Waals surface area contributed by atoms with Crippen molar-refractivity contribution in [3.63, 3.8) is 0 Å². The van der Waals surface area contributed by atoms with Crippen LogP contribution in [0.1, 0.15) is 25.0 Å². The maximum absolute atomic E-state index is 11.0. The average Bonchev–Trinajstić information content (AvgIpc) is 2.04. The van der Waals surface area contributed by atoms with Crippen LogP contribution in [0, 0.1) is 6.92 Å². The van der Waals surface area contributed by atoms with Gasteiger partial charge in [-0.25, -0.2) is 0 Å². The highest BCUT2D eigenvalue weighted by Crippen LogP contribution is 2.25. The van der Waals surface area contributed by atoms with Gasteiger partial charge >= 0.3 is 5.97 Å². The first-order chi connectivity index (χ1) is 5.96. The third-order valence-electron chi connectivity index (χ3n) is 2.35. The van der Waals surface area contributed by atoms with Gasteiger partial charge in [0.1, 0.15) is 0 Å². The Morgan fingerprint density at radius 2 is 1.79 bits per heavy atom. The highest BCUT2D eigenvalue weighted by atomic mass is 16.4. The molecular weight excluding hydrogens is 178 g/mol. The summed E-state index contributed by atoms with van der Waals surface area (Å²) in [6.07, 6.45) is 0. The van der Waals surface area contributed by atoms with E-state index in [1.54, 1.807) is 13.8 Å². The van der Waals surface area contributed by atoms with E-state index in [1.807, 2.05) is 31.2 Å². The van der Waals surface area contributed by atoms with Crippen molar-refractivity contribution in [3.05, 3.63) is 35.4 Å². The van der Waals surface area contributed by atoms with Crippen LogP contribution in [0.2, 0.25) is 0 Å². The van der Waals surface area contributed by atoms with Crippen molar-refractivity contribution in [2.45, 2.75) is 26.2 Å². The summed E-state index contributed by atoms with van der Waals surface area (Å²) >= 11 is 0. The highest BCUT2D eigenvalue weighted by Gasteiger charge is 2.30. The molecule has 0 aliphatic rings. The fourth-order valence-corrected chi connectivity index (χ4v) is 1.39. The van der Waals surface area contributed by atoms with Crippen LogP contribution in [0.4, 0.5) is 0 Å². The summed E-state index contributed by atoms with van der Waals surface area (Å²) in [6, 6.07) is 7.58. The Hall–Kier alpha value is -1.35. The maximum atomic E-state index is 11.0. The molecule has 1 aromatic carbocycles. The molecule has 0 heterocycles. The van der Waals surface area contributed by atoms with E-state index in [-0.39, 0.29) is 6.15 Å². The fourth-order valence-electron chi connectivity index (χ4n) is 1.39. The second kappa shape index (κ2) is 4.24. The van der Waals surface area contributed by atoms with E-state index in [9.17, 15) is 4.79 Å². The molecule has 3 nitrogen and oxygen atoms in total. The van der Waals surface area contributed by atoms with Crippen LogP contribution in [-0.4, -0.2) is 11.1 Å². The Balaban J connectivity index is 0.00000169. The number of hydrogen-bond acceptors (Lipinski definition) is 2. The van der Waals surface area contributed by atoms with Gasteiger partial charge in [-0.05, 0) is 31.9 Å². The molecule has 1 rings (SSSR count). The van der Waals surface area contributed by atoms with Crippen molar-refractivity contribution in [3.8, 4) is 0 Å². The summed E-state index contributed by atoms with van der Waals surface area (Å²) in [4.78, 5) is 11.0. The molecule has 3 heteroatoms. The lowest BCUT2D eigenvalue weighted by Gasteiger charge is -2.21. The largest absolute Gasteiger partial charge is 0.481 e. The van der Waals surface area contributed by atoms with Gasteiger partial charge in [-0.15, -0.1) is 0 Å². The monoisotopic (exact) mass is 195 g/mol.